The molecule has 2 atom stereocenters. The molecule has 1 aliphatic heterocycles. The van der Waals surface area contributed by atoms with Crippen molar-refractivity contribution in [1.29, 1.82) is 0 Å². The van der Waals surface area contributed by atoms with Crippen molar-refractivity contribution in [3.8, 4) is 5.69 Å². The molecule has 5 heteroatoms. The standard InChI is InChI=1S/C18H24N4O/c1-13-7-6-10-21(17(13)11-19)18(23)16-12-22(20-14(16)2)15-8-4-3-5-9-15/h3-5,8-9,12-13,17H,6-7,10-11,19H2,1-2H3/t13-,17-/m0/s1. The molecule has 2 heterocycles. The number of para-hydroxylation sites is 1. The first-order valence-corrected chi connectivity index (χ1v) is 8.24. The number of nitrogens with zero attached hydrogens (tertiary/aromatic N) is 3. The number of aromatic nitrogens is 2. The molecule has 2 N–H and O–H groups in total. The van der Waals surface area contributed by atoms with Crippen LogP contribution in [0.25, 0.3) is 5.69 Å². The third-order valence-electron chi connectivity index (χ3n) is 4.77. The lowest BCUT2D eigenvalue weighted by molar-refractivity contribution is 0.0532. The van der Waals surface area contributed by atoms with Gasteiger partial charge >= 0.3 is 0 Å². The predicted molar refractivity (Wildman–Crippen MR) is 90.6 cm³/mol. The van der Waals surface area contributed by atoms with Gasteiger partial charge in [0.25, 0.3) is 5.91 Å². The predicted octanol–water partition coefficient (Wildman–Crippen LogP) is 2.38. The summed E-state index contributed by atoms with van der Waals surface area (Å²) in [7, 11) is 0. The van der Waals surface area contributed by atoms with E-state index in [1.807, 2.05) is 48.4 Å². The number of carbonyl (C=O) groups excluding carboxylic acids is 1. The maximum atomic E-state index is 13.0. The van der Waals surface area contributed by atoms with E-state index in [1.54, 1.807) is 4.68 Å². The molecule has 0 saturated carbocycles. The number of benzene rings is 1. The monoisotopic (exact) mass is 312 g/mol. The molecule has 23 heavy (non-hydrogen) atoms. The minimum absolute atomic E-state index is 0.0479. The van der Waals surface area contributed by atoms with Gasteiger partial charge in [0.2, 0.25) is 0 Å². The van der Waals surface area contributed by atoms with Gasteiger partial charge in [-0.25, -0.2) is 4.68 Å². The molecule has 1 fully saturated rings. The molecule has 122 valence electrons. The van der Waals surface area contributed by atoms with Gasteiger partial charge in [0.05, 0.1) is 16.9 Å². The van der Waals surface area contributed by atoms with Crippen molar-refractivity contribution in [2.75, 3.05) is 13.1 Å². The summed E-state index contributed by atoms with van der Waals surface area (Å²) in [5, 5.41) is 4.50. The molecule has 2 aromatic rings. The van der Waals surface area contributed by atoms with Gasteiger partial charge in [-0.1, -0.05) is 25.1 Å². The summed E-state index contributed by atoms with van der Waals surface area (Å²) < 4.78 is 1.77. The van der Waals surface area contributed by atoms with Crippen LogP contribution in [0.5, 0.6) is 0 Å². The van der Waals surface area contributed by atoms with Crippen molar-refractivity contribution in [3.63, 3.8) is 0 Å². The maximum Gasteiger partial charge on any atom is 0.257 e. The van der Waals surface area contributed by atoms with Gasteiger partial charge < -0.3 is 10.6 Å². The van der Waals surface area contributed by atoms with Crippen molar-refractivity contribution in [3.05, 3.63) is 47.8 Å². The molecule has 1 aromatic carbocycles. The number of hydrogen-bond acceptors (Lipinski definition) is 3. The quantitative estimate of drug-likeness (QED) is 0.946. The summed E-state index contributed by atoms with van der Waals surface area (Å²) in [6.07, 6.45) is 4.00. The molecule has 0 radical (unpaired) electrons. The molecule has 1 amide bonds. The van der Waals surface area contributed by atoms with Crippen LogP contribution in [0.4, 0.5) is 0 Å². The highest BCUT2D eigenvalue weighted by atomic mass is 16.2. The normalized spacial score (nSPS) is 21.4. The van der Waals surface area contributed by atoms with Crippen LogP contribution < -0.4 is 5.73 Å². The zero-order valence-corrected chi connectivity index (χ0v) is 13.8. The van der Waals surface area contributed by atoms with Crippen LogP contribution in [0, 0.1) is 12.8 Å². The van der Waals surface area contributed by atoms with Gasteiger partial charge in [0.15, 0.2) is 0 Å². The average Bonchev–Trinajstić information content (AvgIpc) is 2.96. The third kappa shape index (κ3) is 3.01. The summed E-state index contributed by atoms with van der Waals surface area (Å²) in [6, 6.07) is 9.97. The Morgan fingerprint density at radius 3 is 2.78 bits per heavy atom. The zero-order chi connectivity index (χ0) is 16.4. The summed E-state index contributed by atoms with van der Waals surface area (Å²) in [5.74, 6) is 0.494. The van der Waals surface area contributed by atoms with Gasteiger partial charge in [0, 0.05) is 25.3 Å². The highest BCUT2D eigenvalue weighted by Crippen LogP contribution is 2.25. The lowest BCUT2D eigenvalue weighted by atomic mass is 9.90. The number of aryl methyl sites for hydroxylation is 1. The Hall–Kier alpha value is -2.14. The zero-order valence-electron chi connectivity index (χ0n) is 13.8. The Kier molecular flexibility index (Phi) is 4.48. The van der Waals surface area contributed by atoms with Crippen LogP contribution in [0.15, 0.2) is 36.5 Å². The summed E-state index contributed by atoms with van der Waals surface area (Å²) in [6.45, 7) is 5.36. The van der Waals surface area contributed by atoms with Crippen molar-refractivity contribution < 1.29 is 4.79 Å². The van der Waals surface area contributed by atoms with Gasteiger partial charge in [-0.15, -0.1) is 0 Å². The molecule has 5 nitrogen and oxygen atoms in total. The van der Waals surface area contributed by atoms with Crippen molar-refractivity contribution >= 4 is 5.91 Å². The van der Waals surface area contributed by atoms with E-state index in [0.29, 0.717) is 18.0 Å². The number of amides is 1. The molecular formula is C18H24N4O. The second kappa shape index (κ2) is 6.54. The van der Waals surface area contributed by atoms with E-state index in [0.717, 1.165) is 30.8 Å². The molecule has 1 saturated heterocycles. The Morgan fingerprint density at radius 2 is 2.09 bits per heavy atom. The van der Waals surface area contributed by atoms with Crippen LogP contribution in [-0.4, -0.2) is 39.7 Å². The van der Waals surface area contributed by atoms with Crippen LogP contribution >= 0.6 is 0 Å². The highest BCUT2D eigenvalue weighted by molar-refractivity contribution is 5.95. The first-order valence-electron chi connectivity index (χ1n) is 8.24. The number of likely N-dealkylation sites (tertiary alicyclic amines) is 1. The Bertz CT molecular complexity index is 680. The minimum atomic E-state index is 0.0479. The molecular weight excluding hydrogens is 288 g/mol. The topological polar surface area (TPSA) is 64.2 Å². The Labute approximate surface area is 137 Å². The largest absolute Gasteiger partial charge is 0.334 e. The summed E-state index contributed by atoms with van der Waals surface area (Å²) in [5.41, 5.74) is 8.30. The number of carbonyl (C=O) groups is 1. The van der Waals surface area contributed by atoms with Gasteiger partial charge in [0.1, 0.15) is 0 Å². The third-order valence-corrected chi connectivity index (χ3v) is 4.77. The Balaban J connectivity index is 1.89. The van der Waals surface area contributed by atoms with E-state index in [9.17, 15) is 4.79 Å². The Morgan fingerprint density at radius 1 is 1.35 bits per heavy atom. The van der Waals surface area contributed by atoms with Gasteiger partial charge in [-0.05, 0) is 37.8 Å². The molecule has 0 bridgehead atoms. The van der Waals surface area contributed by atoms with Crippen molar-refractivity contribution in [2.24, 2.45) is 11.7 Å². The fraction of sp³-hybridized carbons (Fsp3) is 0.444. The van der Waals surface area contributed by atoms with E-state index in [-0.39, 0.29) is 11.9 Å². The smallest absolute Gasteiger partial charge is 0.257 e. The fourth-order valence-corrected chi connectivity index (χ4v) is 3.40. The van der Waals surface area contributed by atoms with Gasteiger partial charge in [-0.2, -0.15) is 5.10 Å². The van der Waals surface area contributed by atoms with Gasteiger partial charge in [-0.3, -0.25) is 4.79 Å². The van der Waals surface area contributed by atoms with E-state index in [4.69, 9.17) is 5.73 Å². The van der Waals surface area contributed by atoms with E-state index in [1.165, 1.54) is 0 Å². The summed E-state index contributed by atoms with van der Waals surface area (Å²) in [4.78, 5) is 14.9. The molecule has 0 unspecified atom stereocenters. The first-order chi connectivity index (χ1) is 11.1. The highest BCUT2D eigenvalue weighted by Gasteiger charge is 2.32. The van der Waals surface area contributed by atoms with Crippen LogP contribution in [0.3, 0.4) is 0 Å². The lowest BCUT2D eigenvalue weighted by Crippen LogP contribution is -2.51. The molecule has 1 aliphatic rings. The molecule has 0 aliphatic carbocycles. The number of nitrogens with two attached hydrogens (primary N) is 1. The SMILES string of the molecule is Cc1nn(-c2ccccc2)cc1C(=O)N1CCC[C@H](C)[C@@H]1CN. The number of hydrogen-bond donors (Lipinski definition) is 1. The molecule has 0 spiro atoms. The minimum Gasteiger partial charge on any atom is -0.334 e. The summed E-state index contributed by atoms with van der Waals surface area (Å²) >= 11 is 0. The second-order valence-corrected chi connectivity index (χ2v) is 6.33. The number of piperidine rings is 1. The van der Waals surface area contributed by atoms with E-state index < -0.39 is 0 Å². The number of rotatable bonds is 3. The average molecular weight is 312 g/mol. The first kappa shape index (κ1) is 15.7. The molecule has 3 rings (SSSR count). The fourth-order valence-electron chi connectivity index (χ4n) is 3.40. The lowest BCUT2D eigenvalue weighted by Gasteiger charge is -2.39. The van der Waals surface area contributed by atoms with Crippen LogP contribution in [-0.2, 0) is 0 Å². The van der Waals surface area contributed by atoms with Crippen LogP contribution in [0.1, 0.15) is 35.8 Å². The van der Waals surface area contributed by atoms with E-state index >= 15 is 0 Å². The van der Waals surface area contributed by atoms with Crippen molar-refractivity contribution in [2.45, 2.75) is 32.7 Å². The maximum absolute atomic E-state index is 13.0. The molecule has 1 aromatic heterocycles. The van der Waals surface area contributed by atoms with Crippen LogP contribution in [0.2, 0.25) is 0 Å². The second-order valence-electron chi connectivity index (χ2n) is 6.33. The van der Waals surface area contributed by atoms with E-state index in [2.05, 4.69) is 12.0 Å². The van der Waals surface area contributed by atoms with Crippen molar-refractivity contribution in [1.82, 2.24) is 14.7 Å².